The number of methoxy groups -OCH3 is 1. The maximum absolute atomic E-state index is 11.6. The first kappa shape index (κ1) is 14.1. The minimum atomic E-state index is -0.513. The van der Waals surface area contributed by atoms with E-state index in [4.69, 9.17) is 9.47 Å². The lowest BCUT2D eigenvalue weighted by Crippen LogP contribution is -2.27. The molecule has 0 aliphatic heterocycles. The van der Waals surface area contributed by atoms with E-state index in [9.17, 15) is 4.79 Å². The number of benzene rings is 1. The van der Waals surface area contributed by atoms with Crippen LogP contribution in [-0.2, 0) is 4.74 Å². The van der Waals surface area contributed by atoms with Gasteiger partial charge in [0.15, 0.2) is 0 Å². The Morgan fingerprint density at radius 1 is 1.35 bits per heavy atom. The van der Waals surface area contributed by atoms with Crippen molar-refractivity contribution in [3.8, 4) is 5.75 Å². The summed E-state index contributed by atoms with van der Waals surface area (Å²) in [5.74, 6) is 0.614. The molecule has 0 saturated carbocycles. The van der Waals surface area contributed by atoms with Gasteiger partial charge in [0.2, 0.25) is 0 Å². The van der Waals surface area contributed by atoms with Crippen molar-refractivity contribution in [1.82, 2.24) is 0 Å². The lowest BCUT2D eigenvalue weighted by Gasteiger charge is -2.20. The van der Waals surface area contributed by atoms with Crippen LogP contribution < -0.4 is 10.1 Å². The summed E-state index contributed by atoms with van der Waals surface area (Å²) in [5, 5.41) is 2.66. The maximum Gasteiger partial charge on any atom is 0.412 e. The Bertz CT molecular complexity index is 413. The third-order valence-electron chi connectivity index (χ3n) is 1.80. The molecule has 4 nitrogen and oxygen atoms in total. The first-order valence-corrected chi connectivity index (χ1v) is 6.23. The highest BCUT2D eigenvalue weighted by Gasteiger charge is 2.17. The average Bonchev–Trinajstić information content (AvgIpc) is 2.17. The van der Waals surface area contributed by atoms with Crippen LogP contribution in [0.15, 0.2) is 18.2 Å². The van der Waals surface area contributed by atoms with Crippen molar-refractivity contribution in [2.45, 2.75) is 26.4 Å². The lowest BCUT2D eigenvalue weighted by molar-refractivity contribution is 0.0635. The molecule has 0 saturated heterocycles. The summed E-state index contributed by atoms with van der Waals surface area (Å²) >= 11 is 2.18. The van der Waals surface area contributed by atoms with E-state index < -0.39 is 11.7 Å². The number of rotatable bonds is 2. The second-order valence-electron chi connectivity index (χ2n) is 4.47. The van der Waals surface area contributed by atoms with Crippen molar-refractivity contribution in [2.75, 3.05) is 12.4 Å². The predicted octanol–water partition coefficient (Wildman–Crippen LogP) is 3.65. The van der Waals surface area contributed by atoms with Crippen LogP contribution in [0.25, 0.3) is 0 Å². The van der Waals surface area contributed by atoms with E-state index in [0.29, 0.717) is 11.4 Å². The van der Waals surface area contributed by atoms with Crippen LogP contribution in [-0.4, -0.2) is 18.8 Å². The van der Waals surface area contributed by atoms with E-state index in [1.165, 1.54) is 0 Å². The Morgan fingerprint density at radius 2 is 2.00 bits per heavy atom. The van der Waals surface area contributed by atoms with Gasteiger partial charge in [-0.25, -0.2) is 4.79 Å². The first-order valence-electron chi connectivity index (χ1n) is 5.15. The zero-order chi connectivity index (χ0) is 13.1. The summed E-state index contributed by atoms with van der Waals surface area (Å²) in [5.41, 5.74) is 0.0859. The Morgan fingerprint density at radius 3 is 2.53 bits per heavy atom. The summed E-state index contributed by atoms with van der Waals surface area (Å²) in [6.07, 6.45) is -0.489. The van der Waals surface area contributed by atoms with E-state index in [1.54, 1.807) is 13.2 Å². The van der Waals surface area contributed by atoms with Gasteiger partial charge in [-0.2, -0.15) is 0 Å². The van der Waals surface area contributed by atoms with E-state index in [1.807, 2.05) is 32.9 Å². The third kappa shape index (κ3) is 4.80. The lowest BCUT2D eigenvalue weighted by atomic mass is 10.2. The van der Waals surface area contributed by atoms with Gasteiger partial charge >= 0.3 is 6.09 Å². The largest absolute Gasteiger partial charge is 0.495 e. The van der Waals surface area contributed by atoms with Crippen molar-refractivity contribution in [2.24, 2.45) is 0 Å². The molecule has 94 valence electrons. The predicted molar refractivity (Wildman–Crippen MR) is 75.6 cm³/mol. The number of carbonyl (C=O) groups is 1. The first-order chi connectivity index (χ1) is 7.81. The Balaban J connectivity index is 2.78. The van der Waals surface area contributed by atoms with Gasteiger partial charge < -0.3 is 9.47 Å². The molecule has 5 heteroatoms. The highest BCUT2D eigenvalue weighted by Crippen LogP contribution is 2.26. The molecule has 0 radical (unpaired) electrons. The van der Waals surface area contributed by atoms with Gasteiger partial charge in [0.1, 0.15) is 11.4 Å². The molecule has 0 spiro atoms. The highest BCUT2D eigenvalue weighted by molar-refractivity contribution is 14.1. The fraction of sp³-hybridized carbons (Fsp3) is 0.417. The molecule has 1 rings (SSSR count). The summed E-state index contributed by atoms with van der Waals surface area (Å²) < 4.78 is 11.4. The van der Waals surface area contributed by atoms with Gasteiger partial charge in [-0.05, 0) is 61.6 Å². The van der Waals surface area contributed by atoms with Crippen molar-refractivity contribution in [3.63, 3.8) is 0 Å². The standard InChI is InChI=1S/C12H16INO3/c1-12(2,3)17-11(15)14-9-6-5-8(13)7-10(9)16-4/h5-7H,1-4H3,(H,14,15). The van der Waals surface area contributed by atoms with Gasteiger partial charge in [0.05, 0.1) is 12.8 Å². The van der Waals surface area contributed by atoms with Crippen LogP contribution in [0.1, 0.15) is 20.8 Å². The summed E-state index contributed by atoms with van der Waals surface area (Å²) in [7, 11) is 1.56. The molecule has 0 aromatic heterocycles. The van der Waals surface area contributed by atoms with Gasteiger partial charge in [-0.1, -0.05) is 0 Å². The second kappa shape index (κ2) is 5.57. The van der Waals surface area contributed by atoms with Crippen LogP contribution in [0.2, 0.25) is 0 Å². The zero-order valence-corrected chi connectivity index (χ0v) is 12.5. The number of nitrogens with one attached hydrogen (secondary N) is 1. The smallest absolute Gasteiger partial charge is 0.412 e. The fourth-order valence-corrected chi connectivity index (χ4v) is 1.64. The molecular weight excluding hydrogens is 333 g/mol. The van der Waals surface area contributed by atoms with Crippen LogP contribution >= 0.6 is 22.6 Å². The van der Waals surface area contributed by atoms with E-state index in [0.717, 1.165) is 3.57 Å². The van der Waals surface area contributed by atoms with Crippen molar-refractivity contribution in [1.29, 1.82) is 0 Å². The summed E-state index contributed by atoms with van der Waals surface area (Å²) in [6.45, 7) is 5.45. The van der Waals surface area contributed by atoms with Crippen LogP contribution in [0.3, 0.4) is 0 Å². The minimum Gasteiger partial charge on any atom is -0.495 e. The van der Waals surface area contributed by atoms with E-state index in [-0.39, 0.29) is 0 Å². The molecule has 0 bridgehead atoms. The van der Waals surface area contributed by atoms with Gasteiger partial charge in [-0.15, -0.1) is 0 Å². The Kier molecular flexibility index (Phi) is 4.62. The summed E-state index contributed by atoms with van der Waals surface area (Å²) in [4.78, 5) is 11.6. The third-order valence-corrected chi connectivity index (χ3v) is 2.47. The highest BCUT2D eigenvalue weighted by atomic mass is 127. The summed E-state index contributed by atoms with van der Waals surface area (Å²) in [6, 6.07) is 5.51. The SMILES string of the molecule is COc1cc(I)ccc1NC(=O)OC(C)(C)C. The fourth-order valence-electron chi connectivity index (χ4n) is 1.18. The Hall–Kier alpha value is -0.980. The van der Waals surface area contributed by atoms with Gasteiger partial charge in [-0.3, -0.25) is 5.32 Å². The van der Waals surface area contributed by atoms with Gasteiger partial charge in [0.25, 0.3) is 0 Å². The molecule has 0 unspecified atom stereocenters. The number of amides is 1. The molecule has 1 aromatic carbocycles. The molecule has 1 N–H and O–H groups in total. The number of carbonyl (C=O) groups excluding carboxylic acids is 1. The van der Waals surface area contributed by atoms with Gasteiger partial charge in [0, 0.05) is 3.57 Å². The zero-order valence-electron chi connectivity index (χ0n) is 10.3. The molecule has 1 amide bonds. The molecular formula is C12H16INO3. The Labute approximate surface area is 115 Å². The molecule has 0 heterocycles. The molecule has 17 heavy (non-hydrogen) atoms. The quantitative estimate of drug-likeness (QED) is 0.830. The number of anilines is 1. The molecule has 1 aromatic rings. The molecule has 0 aliphatic carbocycles. The van der Waals surface area contributed by atoms with Crippen LogP contribution in [0.5, 0.6) is 5.75 Å². The van der Waals surface area contributed by atoms with E-state index in [2.05, 4.69) is 27.9 Å². The van der Waals surface area contributed by atoms with Crippen molar-refractivity contribution < 1.29 is 14.3 Å². The van der Waals surface area contributed by atoms with E-state index >= 15 is 0 Å². The van der Waals surface area contributed by atoms with Crippen LogP contribution in [0, 0.1) is 3.57 Å². The molecule has 0 atom stereocenters. The number of ether oxygens (including phenoxy) is 2. The monoisotopic (exact) mass is 349 g/mol. The number of hydrogen-bond acceptors (Lipinski definition) is 3. The number of hydrogen-bond donors (Lipinski definition) is 1. The number of halogens is 1. The normalized spacial score (nSPS) is 10.9. The molecule has 0 fully saturated rings. The van der Waals surface area contributed by atoms with Crippen LogP contribution in [0.4, 0.5) is 10.5 Å². The molecule has 0 aliphatic rings. The van der Waals surface area contributed by atoms with Crippen molar-refractivity contribution >= 4 is 34.4 Å². The average molecular weight is 349 g/mol. The topological polar surface area (TPSA) is 47.6 Å². The van der Waals surface area contributed by atoms with Crippen molar-refractivity contribution in [3.05, 3.63) is 21.8 Å². The second-order valence-corrected chi connectivity index (χ2v) is 5.72. The maximum atomic E-state index is 11.6. The minimum absolute atomic E-state index is 0.489.